The van der Waals surface area contributed by atoms with Crippen molar-refractivity contribution >= 4 is 10.0 Å². The van der Waals surface area contributed by atoms with E-state index in [2.05, 4.69) is 5.32 Å². The second-order valence-electron chi connectivity index (χ2n) is 3.81. The summed E-state index contributed by atoms with van der Waals surface area (Å²) in [5, 5.41) is 16.5. The molecule has 0 aromatic heterocycles. The number of aromatic hydroxyl groups is 1. The first-order valence-corrected chi connectivity index (χ1v) is 6.89. The second kappa shape index (κ2) is 6.07. The zero-order chi connectivity index (χ0) is 13.8. The minimum absolute atomic E-state index is 0.154. The Morgan fingerprint density at radius 2 is 1.83 bits per heavy atom. The number of primary sulfonamides is 1. The van der Waals surface area contributed by atoms with Crippen LogP contribution in [0.5, 0.6) is 5.75 Å². The fraction of sp³-hybridized carbons (Fsp3) is 0.400. The zero-order valence-electron chi connectivity index (χ0n) is 9.49. The van der Waals surface area contributed by atoms with E-state index < -0.39 is 27.4 Å². The molecule has 5 nitrogen and oxygen atoms in total. The lowest BCUT2D eigenvalue weighted by Crippen LogP contribution is -2.22. The highest BCUT2D eigenvalue weighted by molar-refractivity contribution is 7.89. The van der Waals surface area contributed by atoms with Crippen LogP contribution in [0, 0.1) is 11.6 Å². The Morgan fingerprint density at radius 1 is 1.28 bits per heavy atom. The largest absolute Gasteiger partial charge is 0.503 e. The molecule has 1 aromatic carbocycles. The maximum atomic E-state index is 13.0. The van der Waals surface area contributed by atoms with Gasteiger partial charge in [0.1, 0.15) is 0 Å². The van der Waals surface area contributed by atoms with Crippen molar-refractivity contribution in [3.8, 4) is 5.75 Å². The van der Waals surface area contributed by atoms with Crippen LogP contribution < -0.4 is 10.5 Å². The molecule has 0 radical (unpaired) electrons. The van der Waals surface area contributed by atoms with Crippen LogP contribution in [0.25, 0.3) is 0 Å². The van der Waals surface area contributed by atoms with Gasteiger partial charge in [0.2, 0.25) is 10.0 Å². The van der Waals surface area contributed by atoms with Crippen LogP contribution in [0.2, 0.25) is 0 Å². The van der Waals surface area contributed by atoms with E-state index in [0.717, 1.165) is 12.1 Å². The van der Waals surface area contributed by atoms with Gasteiger partial charge in [0.15, 0.2) is 17.4 Å². The molecule has 0 aliphatic rings. The van der Waals surface area contributed by atoms with E-state index in [1.807, 2.05) is 0 Å². The summed E-state index contributed by atoms with van der Waals surface area (Å²) in [5.41, 5.74) is 0.318. The molecule has 0 spiro atoms. The average molecular weight is 280 g/mol. The van der Waals surface area contributed by atoms with Crippen molar-refractivity contribution in [2.45, 2.75) is 13.0 Å². The molecular weight excluding hydrogens is 266 g/mol. The van der Waals surface area contributed by atoms with Gasteiger partial charge in [0, 0.05) is 6.54 Å². The van der Waals surface area contributed by atoms with Crippen molar-refractivity contribution < 1.29 is 22.3 Å². The molecule has 1 rings (SSSR count). The Balaban J connectivity index is 2.41. The summed E-state index contributed by atoms with van der Waals surface area (Å²) < 4.78 is 47.1. The van der Waals surface area contributed by atoms with Gasteiger partial charge in [-0.25, -0.2) is 22.3 Å². The van der Waals surface area contributed by atoms with Crippen molar-refractivity contribution in [2.75, 3.05) is 12.3 Å². The van der Waals surface area contributed by atoms with Gasteiger partial charge in [-0.2, -0.15) is 0 Å². The predicted molar refractivity (Wildman–Crippen MR) is 62.3 cm³/mol. The molecule has 18 heavy (non-hydrogen) atoms. The fourth-order valence-corrected chi connectivity index (χ4v) is 1.90. The van der Waals surface area contributed by atoms with E-state index >= 15 is 0 Å². The van der Waals surface area contributed by atoms with Gasteiger partial charge < -0.3 is 10.4 Å². The van der Waals surface area contributed by atoms with Crippen LogP contribution in [0.4, 0.5) is 8.78 Å². The lowest BCUT2D eigenvalue weighted by atomic mass is 10.2. The molecule has 0 heterocycles. The van der Waals surface area contributed by atoms with E-state index in [-0.39, 0.29) is 12.3 Å². The van der Waals surface area contributed by atoms with Gasteiger partial charge in [-0.15, -0.1) is 0 Å². The molecule has 8 heteroatoms. The monoisotopic (exact) mass is 280 g/mol. The first-order valence-electron chi connectivity index (χ1n) is 5.17. The highest BCUT2D eigenvalue weighted by Crippen LogP contribution is 2.21. The third-order valence-electron chi connectivity index (χ3n) is 2.19. The molecule has 0 bridgehead atoms. The molecule has 4 N–H and O–H groups in total. The number of nitrogens with one attached hydrogen (secondary N) is 1. The molecular formula is C10H14F2N2O3S. The summed E-state index contributed by atoms with van der Waals surface area (Å²) in [4.78, 5) is 0. The normalized spacial score (nSPS) is 11.7. The van der Waals surface area contributed by atoms with E-state index in [1.165, 1.54) is 0 Å². The van der Waals surface area contributed by atoms with E-state index in [0.29, 0.717) is 18.5 Å². The van der Waals surface area contributed by atoms with Crippen molar-refractivity contribution in [3.63, 3.8) is 0 Å². The van der Waals surface area contributed by atoms with Gasteiger partial charge >= 0.3 is 0 Å². The van der Waals surface area contributed by atoms with E-state index in [4.69, 9.17) is 10.2 Å². The number of sulfonamides is 1. The number of halogens is 2. The van der Waals surface area contributed by atoms with Crippen LogP contribution in [0.15, 0.2) is 12.1 Å². The maximum absolute atomic E-state index is 13.0. The summed E-state index contributed by atoms with van der Waals surface area (Å²) in [6.45, 7) is 0.513. The number of benzene rings is 1. The van der Waals surface area contributed by atoms with E-state index in [9.17, 15) is 17.2 Å². The number of hydrogen-bond donors (Lipinski definition) is 3. The van der Waals surface area contributed by atoms with Gasteiger partial charge in [-0.1, -0.05) is 0 Å². The van der Waals surface area contributed by atoms with Crippen LogP contribution in [-0.2, 0) is 16.6 Å². The fourth-order valence-electron chi connectivity index (χ4n) is 1.35. The third-order valence-corrected chi connectivity index (χ3v) is 3.05. The minimum Gasteiger partial charge on any atom is -0.503 e. The molecule has 0 amide bonds. The number of phenolic OH excluding ortho intramolecular Hbond substituents is 1. The first-order chi connectivity index (χ1) is 8.29. The predicted octanol–water partition coefficient (Wildman–Crippen LogP) is 0.439. The van der Waals surface area contributed by atoms with Gasteiger partial charge in [-0.05, 0) is 30.7 Å². The molecule has 102 valence electrons. The highest BCUT2D eigenvalue weighted by Gasteiger charge is 2.09. The molecule has 0 atom stereocenters. The Hall–Kier alpha value is -1.25. The molecule has 0 saturated heterocycles. The average Bonchev–Trinajstić information content (AvgIpc) is 2.23. The minimum atomic E-state index is -3.48. The summed E-state index contributed by atoms with van der Waals surface area (Å²) in [5.74, 6) is -3.22. The number of hydrogen-bond acceptors (Lipinski definition) is 4. The lowest BCUT2D eigenvalue weighted by Gasteiger charge is -2.06. The van der Waals surface area contributed by atoms with Crippen molar-refractivity contribution in [1.82, 2.24) is 5.32 Å². The summed E-state index contributed by atoms with van der Waals surface area (Å²) in [6, 6.07) is 2.01. The van der Waals surface area contributed by atoms with Crippen molar-refractivity contribution in [1.29, 1.82) is 0 Å². The molecule has 0 fully saturated rings. The van der Waals surface area contributed by atoms with Crippen molar-refractivity contribution in [2.24, 2.45) is 5.14 Å². The van der Waals surface area contributed by atoms with Gasteiger partial charge in [0.25, 0.3) is 0 Å². The first kappa shape index (κ1) is 14.8. The highest BCUT2D eigenvalue weighted by atomic mass is 32.2. The number of nitrogens with two attached hydrogens (primary N) is 1. The van der Waals surface area contributed by atoms with Crippen LogP contribution >= 0.6 is 0 Å². The molecule has 1 aromatic rings. The molecule has 0 saturated carbocycles. The quantitative estimate of drug-likeness (QED) is 0.659. The van der Waals surface area contributed by atoms with Gasteiger partial charge in [0.05, 0.1) is 5.75 Å². The van der Waals surface area contributed by atoms with Crippen molar-refractivity contribution in [3.05, 3.63) is 29.3 Å². The Kier molecular flexibility index (Phi) is 5.00. The molecule has 0 aliphatic carbocycles. The standard InChI is InChI=1S/C10H14F2N2O3S/c11-8-4-7(5-9(12)10(8)15)6-14-2-1-3-18(13,16)17/h4-5,14-15H,1-3,6H2,(H2,13,16,17). The lowest BCUT2D eigenvalue weighted by molar-refractivity contribution is 0.395. The third kappa shape index (κ3) is 4.94. The zero-order valence-corrected chi connectivity index (χ0v) is 10.3. The van der Waals surface area contributed by atoms with Crippen LogP contribution in [0.3, 0.4) is 0 Å². The summed E-state index contributed by atoms with van der Waals surface area (Å²) in [6.07, 6.45) is 0.307. The summed E-state index contributed by atoms with van der Waals surface area (Å²) in [7, 11) is -3.48. The van der Waals surface area contributed by atoms with Crippen LogP contribution in [0.1, 0.15) is 12.0 Å². The molecule has 0 aliphatic heterocycles. The van der Waals surface area contributed by atoms with Gasteiger partial charge in [-0.3, -0.25) is 0 Å². The maximum Gasteiger partial charge on any atom is 0.209 e. The second-order valence-corrected chi connectivity index (χ2v) is 5.54. The SMILES string of the molecule is NS(=O)(=O)CCCNCc1cc(F)c(O)c(F)c1. The van der Waals surface area contributed by atoms with Crippen LogP contribution in [-0.4, -0.2) is 25.8 Å². The Labute approximate surface area is 104 Å². The Bertz CT molecular complexity index is 497. The topological polar surface area (TPSA) is 92.4 Å². The Morgan fingerprint density at radius 3 is 2.33 bits per heavy atom. The van der Waals surface area contributed by atoms with E-state index in [1.54, 1.807) is 0 Å². The smallest absolute Gasteiger partial charge is 0.209 e. The number of phenols is 1. The molecule has 0 unspecified atom stereocenters. The number of rotatable bonds is 6. The summed E-state index contributed by atoms with van der Waals surface area (Å²) >= 11 is 0.